The Morgan fingerprint density at radius 1 is 1.06 bits per heavy atom. The predicted molar refractivity (Wildman–Crippen MR) is 127 cm³/mol. The minimum absolute atomic E-state index is 0.0362. The fraction of sp³-hybridized carbons (Fsp3) is 0.423. The summed E-state index contributed by atoms with van der Waals surface area (Å²) in [6.45, 7) is 0.443. The Labute approximate surface area is 203 Å². The van der Waals surface area contributed by atoms with Crippen molar-refractivity contribution in [1.29, 1.82) is 0 Å². The average Bonchev–Trinajstić information content (AvgIpc) is 3.19. The van der Waals surface area contributed by atoms with E-state index >= 15 is 0 Å². The van der Waals surface area contributed by atoms with E-state index in [1.54, 1.807) is 0 Å². The highest BCUT2D eigenvalue weighted by Crippen LogP contribution is 2.44. The van der Waals surface area contributed by atoms with E-state index in [9.17, 15) is 24.6 Å². The van der Waals surface area contributed by atoms with Gasteiger partial charge in [0.1, 0.15) is 12.0 Å². The molecule has 0 aromatic heterocycles. The topological polar surface area (TPSA) is 134 Å². The third-order valence-corrected chi connectivity index (χ3v) is 6.65. The number of hydrogen-bond acceptors (Lipinski definition) is 6. The van der Waals surface area contributed by atoms with E-state index in [0.29, 0.717) is 19.4 Å². The molecular formula is C26H30N2O7. The molecule has 186 valence electrons. The van der Waals surface area contributed by atoms with Gasteiger partial charge in [0.2, 0.25) is 5.91 Å². The van der Waals surface area contributed by atoms with E-state index in [-0.39, 0.29) is 38.6 Å². The smallest absolute Gasteiger partial charge is 0.407 e. The standard InChI is InChI=1S/C26H30N2O7/c29-17(12-23(30)28-15-26(24(31)32)10-5-11-34-16-26)13-27-25(33)35-14-22-20-8-3-1-6-18(20)19-7-2-4-9-21(19)22/h1-4,6-9,17,22,29H,5,10-16H2,(H,27,33)(H,28,30)(H,31,32). The second-order valence-electron chi connectivity index (χ2n) is 9.08. The second kappa shape index (κ2) is 10.9. The number of benzene rings is 2. The van der Waals surface area contributed by atoms with Gasteiger partial charge in [-0.2, -0.15) is 0 Å². The largest absolute Gasteiger partial charge is 0.481 e. The summed E-state index contributed by atoms with van der Waals surface area (Å²) in [4.78, 5) is 36.1. The van der Waals surface area contributed by atoms with E-state index in [4.69, 9.17) is 9.47 Å². The Bertz CT molecular complexity index is 1040. The van der Waals surface area contributed by atoms with Gasteiger partial charge < -0.3 is 30.3 Å². The molecule has 1 saturated heterocycles. The van der Waals surface area contributed by atoms with Gasteiger partial charge in [0.15, 0.2) is 0 Å². The highest BCUT2D eigenvalue weighted by Gasteiger charge is 2.41. The molecule has 9 heteroatoms. The summed E-state index contributed by atoms with van der Waals surface area (Å²) in [5.41, 5.74) is 3.30. The lowest BCUT2D eigenvalue weighted by Crippen LogP contribution is -2.48. The first-order valence-corrected chi connectivity index (χ1v) is 11.7. The molecule has 4 rings (SSSR count). The molecule has 2 amide bonds. The van der Waals surface area contributed by atoms with E-state index in [0.717, 1.165) is 22.3 Å². The van der Waals surface area contributed by atoms with Gasteiger partial charge in [-0.25, -0.2) is 4.79 Å². The van der Waals surface area contributed by atoms with Crippen LogP contribution in [0.3, 0.4) is 0 Å². The zero-order valence-electron chi connectivity index (χ0n) is 19.4. The van der Waals surface area contributed by atoms with Crippen LogP contribution in [0.15, 0.2) is 48.5 Å². The third-order valence-electron chi connectivity index (χ3n) is 6.65. The predicted octanol–water partition coefficient (Wildman–Crippen LogP) is 2.27. The van der Waals surface area contributed by atoms with Crippen molar-refractivity contribution in [2.75, 3.05) is 32.9 Å². The molecule has 1 fully saturated rings. The number of amides is 2. The van der Waals surface area contributed by atoms with Gasteiger partial charge >= 0.3 is 12.1 Å². The van der Waals surface area contributed by atoms with Crippen molar-refractivity contribution in [2.45, 2.75) is 31.3 Å². The van der Waals surface area contributed by atoms with Gasteiger partial charge in [-0.1, -0.05) is 48.5 Å². The van der Waals surface area contributed by atoms with Crippen molar-refractivity contribution < 1.29 is 34.1 Å². The summed E-state index contributed by atoms with van der Waals surface area (Å²) >= 11 is 0. The lowest BCUT2D eigenvalue weighted by atomic mass is 9.82. The quantitative estimate of drug-likeness (QED) is 0.431. The number of carbonyl (C=O) groups is 3. The summed E-state index contributed by atoms with van der Waals surface area (Å²) in [7, 11) is 0. The van der Waals surface area contributed by atoms with Crippen LogP contribution in [0.4, 0.5) is 4.79 Å². The lowest BCUT2D eigenvalue weighted by molar-refractivity contribution is -0.157. The molecule has 2 aliphatic rings. The molecule has 35 heavy (non-hydrogen) atoms. The summed E-state index contributed by atoms with van der Waals surface area (Å²) in [5, 5.41) is 24.7. The number of nitrogens with one attached hydrogen (secondary N) is 2. The number of aliphatic carboxylic acids is 1. The van der Waals surface area contributed by atoms with Crippen LogP contribution in [-0.4, -0.2) is 67.2 Å². The molecule has 1 heterocycles. The van der Waals surface area contributed by atoms with Gasteiger partial charge in [-0.3, -0.25) is 9.59 Å². The number of fused-ring (bicyclic) bond motifs is 3. The number of aliphatic hydroxyl groups is 1. The molecule has 4 N–H and O–H groups in total. The van der Waals surface area contributed by atoms with Crippen molar-refractivity contribution in [2.24, 2.45) is 5.41 Å². The maximum atomic E-state index is 12.2. The van der Waals surface area contributed by atoms with E-state index < -0.39 is 29.5 Å². The molecule has 2 aromatic rings. The van der Waals surface area contributed by atoms with Gasteiger partial charge in [-0.05, 0) is 35.1 Å². The monoisotopic (exact) mass is 482 g/mol. The van der Waals surface area contributed by atoms with Crippen LogP contribution in [0, 0.1) is 5.41 Å². The number of carboxylic acids is 1. The van der Waals surface area contributed by atoms with Crippen LogP contribution in [0.5, 0.6) is 0 Å². The fourth-order valence-corrected chi connectivity index (χ4v) is 4.71. The SMILES string of the molecule is O=C(CC(O)CNC(=O)OCC1c2ccccc2-c2ccccc21)NCC1(C(=O)O)CCCOC1. The van der Waals surface area contributed by atoms with Crippen LogP contribution in [0.25, 0.3) is 11.1 Å². The molecule has 0 radical (unpaired) electrons. The van der Waals surface area contributed by atoms with Crippen LogP contribution in [0.1, 0.15) is 36.3 Å². The second-order valence-corrected chi connectivity index (χ2v) is 9.08. The summed E-state index contributed by atoms with van der Waals surface area (Å²) in [5.74, 6) is -1.60. The number of alkyl carbamates (subject to hydrolysis) is 1. The molecule has 0 bridgehead atoms. The molecule has 1 aliphatic carbocycles. The van der Waals surface area contributed by atoms with Crippen LogP contribution < -0.4 is 10.6 Å². The molecular weight excluding hydrogens is 452 g/mol. The maximum Gasteiger partial charge on any atom is 0.407 e. The normalized spacial score (nSPS) is 19.8. The van der Waals surface area contributed by atoms with Crippen molar-refractivity contribution in [3.05, 3.63) is 59.7 Å². The number of rotatable bonds is 9. The molecule has 0 saturated carbocycles. The first-order valence-electron chi connectivity index (χ1n) is 11.7. The number of carboxylic acid groups (broad SMARTS) is 1. The molecule has 1 aliphatic heterocycles. The fourth-order valence-electron chi connectivity index (χ4n) is 4.71. The minimum Gasteiger partial charge on any atom is -0.481 e. The first-order chi connectivity index (χ1) is 16.9. The van der Waals surface area contributed by atoms with Crippen molar-refractivity contribution >= 4 is 18.0 Å². The molecule has 2 atom stereocenters. The van der Waals surface area contributed by atoms with Crippen LogP contribution >= 0.6 is 0 Å². The van der Waals surface area contributed by atoms with E-state index in [1.165, 1.54) is 0 Å². The summed E-state index contributed by atoms with van der Waals surface area (Å²) in [6.07, 6.45) is -1.09. The Kier molecular flexibility index (Phi) is 7.67. The minimum atomic E-state index is -1.15. The van der Waals surface area contributed by atoms with Crippen molar-refractivity contribution in [3.63, 3.8) is 0 Å². The van der Waals surface area contributed by atoms with Crippen LogP contribution in [-0.2, 0) is 19.1 Å². The zero-order chi connectivity index (χ0) is 24.8. The van der Waals surface area contributed by atoms with Gasteiger partial charge in [0, 0.05) is 25.6 Å². The van der Waals surface area contributed by atoms with E-state index in [1.807, 2.05) is 36.4 Å². The number of carbonyl (C=O) groups excluding carboxylic acids is 2. The lowest BCUT2D eigenvalue weighted by Gasteiger charge is -2.33. The van der Waals surface area contributed by atoms with E-state index in [2.05, 4.69) is 22.8 Å². The molecule has 9 nitrogen and oxygen atoms in total. The third kappa shape index (κ3) is 5.63. The summed E-state index contributed by atoms with van der Waals surface area (Å²) < 4.78 is 10.7. The van der Waals surface area contributed by atoms with Crippen molar-refractivity contribution in [1.82, 2.24) is 10.6 Å². The van der Waals surface area contributed by atoms with Crippen LogP contribution in [0.2, 0.25) is 0 Å². The average molecular weight is 483 g/mol. The summed E-state index contributed by atoms with van der Waals surface area (Å²) in [6, 6.07) is 16.0. The Hall–Kier alpha value is -3.43. The molecule has 2 aromatic carbocycles. The van der Waals surface area contributed by atoms with Gasteiger partial charge in [0.25, 0.3) is 0 Å². The van der Waals surface area contributed by atoms with Gasteiger partial charge in [-0.15, -0.1) is 0 Å². The van der Waals surface area contributed by atoms with Gasteiger partial charge in [0.05, 0.1) is 19.1 Å². The number of ether oxygens (including phenoxy) is 2. The Morgan fingerprint density at radius 3 is 2.31 bits per heavy atom. The number of aliphatic hydroxyl groups excluding tert-OH is 1. The highest BCUT2D eigenvalue weighted by atomic mass is 16.5. The Morgan fingerprint density at radius 2 is 1.71 bits per heavy atom. The molecule has 0 spiro atoms. The Balaban J connectivity index is 1.21. The maximum absolute atomic E-state index is 12.2. The zero-order valence-corrected chi connectivity index (χ0v) is 19.4. The van der Waals surface area contributed by atoms with Crippen molar-refractivity contribution in [3.8, 4) is 11.1 Å². The molecule has 2 unspecified atom stereocenters. The first kappa shape index (κ1) is 24.7. The highest BCUT2D eigenvalue weighted by molar-refractivity contribution is 5.80. The number of hydrogen-bond donors (Lipinski definition) is 4.